The van der Waals surface area contributed by atoms with Crippen LogP contribution in [0.1, 0.15) is 5.56 Å². The number of halogens is 1. The summed E-state index contributed by atoms with van der Waals surface area (Å²) in [6.07, 6.45) is 1.26. The number of phenols is 1. The Kier molecular flexibility index (Phi) is 2.40. The summed E-state index contributed by atoms with van der Waals surface area (Å²) in [4.78, 5) is 3.77. The van der Waals surface area contributed by atoms with Gasteiger partial charge in [-0.25, -0.2) is 13.4 Å². The van der Waals surface area contributed by atoms with Gasteiger partial charge in [0.2, 0.25) is 13.8 Å². The number of aliphatic imine (C=N–C) groups is 1. The van der Waals surface area contributed by atoms with Gasteiger partial charge in [0, 0.05) is 6.20 Å². The van der Waals surface area contributed by atoms with Crippen molar-refractivity contribution in [1.29, 1.82) is 0 Å². The molecule has 0 aromatic heterocycles. The molecule has 2 rings (SSSR count). The lowest BCUT2D eigenvalue weighted by atomic mass is 10.2. The van der Waals surface area contributed by atoms with Gasteiger partial charge in [-0.3, -0.25) is 0 Å². The minimum Gasteiger partial charge on any atom is -0.508 e. The highest BCUT2D eigenvalue weighted by Crippen LogP contribution is 2.30. The third kappa shape index (κ3) is 1.70. The fraction of sp³-hybridized carbons (Fsp3) is 0. The zero-order valence-electron chi connectivity index (χ0n) is 7.38. The van der Waals surface area contributed by atoms with Gasteiger partial charge in [0.25, 0.3) is 0 Å². The highest BCUT2D eigenvalue weighted by Gasteiger charge is 2.28. The van der Waals surface area contributed by atoms with Crippen LogP contribution in [-0.4, -0.2) is 17.5 Å². The molecule has 15 heavy (non-hydrogen) atoms. The van der Waals surface area contributed by atoms with E-state index in [0.29, 0.717) is 5.56 Å². The normalized spacial score (nSPS) is 18.5. The van der Waals surface area contributed by atoms with E-state index in [-0.39, 0.29) is 14.6 Å². The van der Waals surface area contributed by atoms with Crippen molar-refractivity contribution in [3.05, 3.63) is 36.0 Å². The first-order valence-corrected chi connectivity index (χ1v) is 6.27. The summed E-state index contributed by atoms with van der Waals surface area (Å²) in [5.41, 5.74) is 0.424. The van der Waals surface area contributed by atoms with Crippen molar-refractivity contribution in [2.45, 2.75) is 0 Å². The van der Waals surface area contributed by atoms with E-state index in [1.165, 1.54) is 18.3 Å². The maximum absolute atomic E-state index is 11.7. The average Bonchev–Trinajstić information content (AvgIpc) is 2.42. The lowest BCUT2D eigenvalue weighted by molar-refractivity contribution is 0.475. The van der Waals surface area contributed by atoms with Crippen LogP contribution in [0.5, 0.6) is 5.75 Å². The Bertz CT molecular complexity index is 575. The lowest BCUT2D eigenvalue weighted by Gasteiger charge is -2.02. The van der Waals surface area contributed by atoms with Crippen LogP contribution in [0.25, 0.3) is 4.91 Å². The Balaban J connectivity index is 2.54. The van der Waals surface area contributed by atoms with Crippen molar-refractivity contribution in [1.82, 2.24) is 0 Å². The minimum atomic E-state index is -3.52. The molecule has 1 heterocycles. The molecule has 4 nitrogen and oxygen atoms in total. The minimum absolute atomic E-state index is 0.0200. The van der Waals surface area contributed by atoms with Crippen molar-refractivity contribution in [2.75, 3.05) is 0 Å². The molecule has 1 N–H and O–H groups in total. The second kappa shape index (κ2) is 3.46. The molecule has 1 aromatic carbocycles. The third-order valence-electron chi connectivity index (χ3n) is 1.93. The number of aromatic hydroxyl groups is 1. The van der Waals surface area contributed by atoms with Gasteiger partial charge in [-0.1, -0.05) is 12.1 Å². The van der Waals surface area contributed by atoms with E-state index in [9.17, 15) is 13.5 Å². The first kappa shape index (κ1) is 10.4. The number of rotatable bonds is 1. The molecule has 0 bridgehead atoms. The summed E-state index contributed by atoms with van der Waals surface area (Å²) in [5.74, 6) is 0.0200. The van der Waals surface area contributed by atoms with Gasteiger partial charge in [0.05, 0.1) is 4.91 Å². The number of hydrogen-bond donors (Lipinski definition) is 1. The fourth-order valence-corrected chi connectivity index (χ4v) is 2.85. The van der Waals surface area contributed by atoms with Crippen molar-refractivity contribution in [2.24, 2.45) is 4.99 Å². The SMILES string of the molecule is O=S1(=O)C(c2cccc(O)c2)=CN=C1Br. The molecule has 0 atom stereocenters. The van der Waals surface area contributed by atoms with Crippen molar-refractivity contribution < 1.29 is 13.5 Å². The molecule has 0 saturated heterocycles. The summed E-state index contributed by atoms with van der Waals surface area (Å²) < 4.78 is 23.3. The van der Waals surface area contributed by atoms with Gasteiger partial charge in [-0.05, 0) is 33.6 Å². The van der Waals surface area contributed by atoms with Crippen LogP contribution in [0, 0.1) is 0 Å². The highest BCUT2D eigenvalue weighted by atomic mass is 79.9. The molecule has 6 heteroatoms. The molecular formula is C9H6BrNO3S. The van der Waals surface area contributed by atoms with Gasteiger partial charge in [-0.2, -0.15) is 0 Å². The number of hydrogen-bond acceptors (Lipinski definition) is 4. The zero-order valence-corrected chi connectivity index (χ0v) is 9.79. The molecule has 1 aromatic rings. The zero-order chi connectivity index (χ0) is 11.1. The standard InChI is InChI=1S/C9H6BrNO3S/c10-9-11-5-8(15(9,13)14)6-2-1-3-7(12)4-6/h1-5,12H. The highest BCUT2D eigenvalue weighted by molar-refractivity contribution is 9.22. The smallest absolute Gasteiger partial charge is 0.232 e. The van der Waals surface area contributed by atoms with E-state index in [2.05, 4.69) is 20.9 Å². The number of phenolic OH excluding ortho intramolecular Hbond substituents is 1. The predicted octanol–water partition coefficient (Wildman–Crippen LogP) is 1.87. The van der Waals surface area contributed by atoms with E-state index in [0.717, 1.165) is 0 Å². The third-order valence-corrected chi connectivity index (χ3v) is 4.88. The first-order chi connectivity index (χ1) is 7.01. The van der Waals surface area contributed by atoms with Crippen LogP contribution in [-0.2, 0) is 9.84 Å². The van der Waals surface area contributed by atoms with Gasteiger partial charge in [-0.15, -0.1) is 0 Å². The summed E-state index contributed by atoms with van der Waals surface area (Å²) in [6, 6.07) is 6.03. The predicted molar refractivity (Wildman–Crippen MR) is 61.4 cm³/mol. The molecule has 1 aliphatic heterocycles. The van der Waals surface area contributed by atoms with Crippen molar-refractivity contribution in [3.63, 3.8) is 0 Å². The second-order valence-corrected chi connectivity index (χ2v) is 6.04. The van der Waals surface area contributed by atoms with Gasteiger partial charge < -0.3 is 5.11 Å². The second-order valence-electron chi connectivity index (χ2n) is 2.93. The maximum Gasteiger partial charge on any atom is 0.232 e. The van der Waals surface area contributed by atoms with Crippen molar-refractivity contribution >= 4 is 34.6 Å². The van der Waals surface area contributed by atoms with Crippen LogP contribution in [0.3, 0.4) is 0 Å². The molecule has 0 amide bonds. The molecule has 0 fully saturated rings. The molecule has 0 saturated carbocycles. The summed E-state index contributed by atoms with van der Waals surface area (Å²) in [5, 5.41) is 9.24. The lowest BCUT2D eigenvalue weighted by Crippen LogP contribution is -2.05. The largest absolute Gasteiger partial charge is 0.508 e. The summed E-state index contributed by atoms with van der Waals surface area (Å²) in [7, 11) is -3.52. The Hall–Kier alpha value is -1.14. The number of benzene rings is 1. The molecule has 1 aliphatic rings. The molecule has 0 radical (unpaired) electrons. The molecule has 78 valence electrons. The van der Waals surface area contributed by atoms with E-state index >= 15 is 0 Å². The average molecular weight is 288 g/mol. The van der Waals surface area contributed by atoms with Crippen LogP contribution >= 0.6 is 15.9 Å². The molecular weight excluding hydrogens is 282 g/mol. The Labute approximate surface area is 95.0 Å². The quantitative estimate of drug-likeness (QED) is 0.857. The van der Waals surface area contributed by atoms with E-state index in [1.54, 1.807) is 12.1 Å². The van der Waals surface area contributed by atoms with Crippen LogP contribution in [0.4, 0.5) is 0 Å². The van der Waals surface area contributed by atoms with Crippen LogP contribution in [0.15, 0.2) is 35.5 Å². The first-order valence-electron chi connectivity index (χ1n) is 4.00. The van der Waals surface area contributed by atoms with E-state index in [4.69, 9.17) is 0 Å². The Morgan fingerprint density at radius 3 is 2.60 bits per heavy atom. The Morgan fingerprint density at radius 1 is 1.33 bits per heavy atom. The summed E-state index contributed by atoms with van der Waals surface area (Å²) >= 11 is 2.86. The van der Waals surface area contributed by atoms with E-state index in [1.807, 2.05) is 0 Å². The van der Waals surface area contributed by atoms with E-state index < -0.39 is 9.84 Å². The Morgan fingerprint density at radius 2 is 2.07 bits per heavy atom. The van der Waals surface area contributed by atoms with Crippen molar-refractivity contribution in [3.8, 4) is 5.75 Å². The molecule has 0 spiro atoms. The van der Waals surface area contributed by atoms with Gasteiger partial charge >= 0.3 is 0 Å². The monoisotopic (exact) mass is 287 g/mol. The van der Waals surface area contributed by atoms with Crippen LogP contribution in [0.2, 0.25) is 0 Å². The number of nitrogens with zero attached hydrogens (tertiary/aromatic N) is 1. The summed E-state index contributed by atoms with van der Waals surface area (Å²) in [6.45, 7) is 0. The maximum atomic E-state index is 11.7. The topological polar surface area (TPSA) is 66.7 Å². The molecule has 0 unspecified atom stereocenters. The molecule has 0 aliphatic carbocycles. The number of sulfone groups is 1. The van der Waals surface area contributed by atoms with Gasteiger partial charge in [0.1, 0.15) is 5.75 Å². The fourth-order valence-electron chi connectivity index (χ4n) is 1.23. The van der Waals surface area contributed by atoms with Crippen LogP contribution < -0.4 is 0 Å². The van der Waals surface area contributed by atoms with Gasteiger partial charge in [0.15, 0.2) is 0 Å².